The van der Waals surface area contributed by atoms with Crippen LogP contribution < -0.4 is 0 Å². The van der Waals surface area contributed by atoms with Gasteiger partial charge in [0, 0.05) is 6.20 Å². The largest absolute Gasteiger partial charge is 0.313 e. The van der Waals surface area contributed by atoms with Crippen molar-refractivity contribution >= 4 is 39.0 Å². The molecule has 0 unspecified atom stereocenters. The molecule has 0 aliphatic rings. The highest BCUT2D eigenvalue weighted by atomic mass is 35.5. The van der Waals surface area contributed by atoms with Crippen LogP contribution in [0.15, 0.2) is 23.4 Å². The lowest BCUT2D eigenvalue weighted by Crippen LogP contribution is -2.03. The van der Waals surface area contributed by atoms with Crippen molar-refractivity contribution in [2.24, 2.45) is 0 Å². The molecule has 5 nitrogen and oxygen atoms in total. The van der Waals surface area contributed by atoms with Gasteiger partial charge in [-0.3, -0.25) is 8.95 Å². The number of imidazole rings is 1. The Kier molecular flexibility index (Phi) is 2.38. The summed E-state index contributed by atoms with van der Waals surface area (Å²) in [6.45, 7) is 0. The van der Waals surface area contributed by atoms with Crippen LogP contribution >= 0.6 is 23.2 Å². The summed E-state index contributed by atoms with van der Waals surface area (Å²) in [6, 6.07) is 3.02. The van der Waals surface area contributed by atoms with Gasteiger partial charge in [-0.1, -0.05) is 23.2 Å². The summed E-state index contributed by atoms with van der Waals surface area (Å²) in [7, 11) is -4.42. The van der Waals surface area contributed by atoms with Crippen LogP contribution in [0.3, 0.4) is 0 Å². The number of pyridine rings is 1. The Bertz CT molecular complexity index is 635. The number of fused-ring (bicyclic) bond motifs is 1. The predicted octanol–water partition coefficient (Wildman–Crippen LogP) is 1.89. The molecule has 0 aliphatic carbocycles. The maximum absolute atomic E-state index is 11.0. The van der Waals surface area contributed by atoms with Crippen LogP contribution in [0.1, 0.15) is 0 Å². The average Bonchev–Trinajstić information content (AvgIpc) is 2.38. The van der Waals surface area contributed by atoms with Gasteiger partial charge in [0.1, 0.15) is 5.65 Å². The first-order chi connectivity index (χ1) is 6.89. The molecule has 0 saturated heterocycles. The number of halogens is 2. The normalized spacial score (nSPS) is 12.2. The lowest BCUT2D eigenvalue weighted by atomic mass is 10.5. The Morgan fingerprint density at radius 1 is 1.33 bits per heavy atom. The standard InChI is InChI=1S/C7H4Cl2N2O3S/c8-4-1-2-5-10-6(9)7(11(5)3-4)15(12,13)14/h1-3H,(H,12,13,14). The highest BCUT2D eigenvalue weighted by Crippen LogP contribution is 2.23. The fourth-order valence-corrected chi connectivity index (χ4v) is 2.48. The van der Waals surface area contributed by atoms with E-state index in [1.807, 2.05) is 0 Å². The Morgan fingerprint density at radius 3 is 2.60 bits per heavy atom. The first-order valence-corrected chi connectivity index (χ1v) is 5.90. The molecule has 0 atom stereocenters. The molecule has 0 amide bonds. The van der Waals surface area contributed by atoms with Gasteiger partial charge in [0.05, 0.1) is 5.02 Å². The second kappa shape index (κ2) is 3.34. The smallest absolute Gasteiger partial charge is 0.286 e. The first-order valence-electron chi connectivity index (χ1n) is 3.70. The van der Waals surface area contributed by atoms with Gasteiger partial charge in [0.25, 0.3) is 0 Å². The van der Waals surface area contributed by atoms with Gasteiger partial charge < -0.3 is 0 Å². The monoisotopic (exact) mass is 266 g/mol. The fraction of sp³-hybridized carbons (Fsp3) is 0. The first kappa shape index (κ1) is 10.7. The Balaban J connectivity index is 2.95. The zero-order valence-corrected chi connectivity index (χ0v) is 9.38. The highest BCUT2D eigenvalue weighted by Gasteiger charge is 2.21. The molecular formula is C7H4Cl2N2O3S. The summed E-state index contributed by atoms with van der Waals surface area (Å²) in [4.78, 5) is 3.75. The minimum Gasteiger partial charge on any atom is -0.286 e. The molecule has 0 saturated carbocycles. The van der Waals surface area contributed by atoms with Crippen LogP contribution in [0.25, 0.3) is 5.65 Å². The molecule has 2 heterocycles. The minimum atomic E-state index is -4.42. The molecule has 2 aromatic heterocycles. The molecule has 2 rings (SSSR count). The van der Waals surface area contributed by atoms with Crippen molar-refractivity contribution in [1.82, 2.24) is 9.38 Å². The molecular weight excluding hydrogens is 263 g/mol. The van der Waals surface area contributed by atoms with Gasteiger partial charge in [-0.2, -0.15) is 8.42 Å². The van der Waals surface area contributed by atoms with Crippen LogP contribution in [0.5, 0.6) is 0 Å². The lowest BCUT2D eigenvalue weighted by Gasteiger charge is -1.98. The van der Waals surface area contributed by atoms with Crippen molar-refractivity contribution in [1.29, 1.82) is 0 Å². The maximum Gasteiger partial charge on any atom is 0.313 e. The van der Waals surface area contributed by atoms with Crippen LogP contribution in [0.4, 0.5) is 0 Å². The Labute approximate surface area is 95.0 Å². The fourth-order valence-electron chi connectivity index (χ4n) is 1.20. The molecule has 80 valence electrons. The molecule has 0 aliphatic heterocycles. The van der Waals surface area contributed by atoms with E-state index in [1.165, 1.54) is 18.3 Å². The van der Waals surface area contributed by atoms with Gasteiger partial charge >= 0.3 is 10.1 Å². The Morgan fingerprint density at radius 2 is 2.00 bits per heavy atom. The van der Waals surface area contributed by atoms with Crippen molar-refractivity contribution in [3.8, 4) is 0 Å². The molecule has 0 radical (unpaired) electrons. The maximum atomic E-state index is 11.0. The van der Waals surface area contributed by atoms with Crippen molar-refractivity contribution in [2.45, 2.75) is 5.03 Å². The van der Waals surface area contributed by atoms with Crippen LogP contribution in [-0.2, 0) is 10.1 Å². The van der Waals surface area contributed by atoms with Crippen molar-refractivity contribution in [2.75, 3.05) is 0 Å². The molecule has 0 fully saturated rings. The third-order valence-corrected chi connectivity index (χ3v) is 3.22. The molecule has 8 heteroatoms. The van der Waals surface area contributed by atoms with Crippen molar-refractivity contribution in [3.63, 3.8) is 0 Å². The van der Waals surface area contributed by atoms with Gasteiger partial charge in [-0.15, -0.1) is 0 Å². The summed E-state index contributed by atoms with van der Waals surface area (Å²) < 4.78 is 32.1. The minimum absolute atomic E-state index is 0.289. The molecule has 0 bridgehead atoms. The number of rotatable bonds is 1. The second-order valence-corrected chi connectivity index (χ2v) is 4.89. The van der Waals surface area contributed by atoms with Crippen LogP contribution in [0.2, 0.25) is 10.2 Å². The van der Waals surface area contributed by atoms with E-state index in [1.54, 1.807) is 0 Å². The summed E-state index contributed by atoms with van der Waals surface area (Å²) in [5, 5.41) is -0.470. The quantitative estimate of drug-likeness (QED) is 0.801. The number of aromatic nitrogens is 2. The Hall–Kier alpha value is -0.820. The van der Waals surface area contributed by atoms with E-state index in [9.17, 15) is 8.42 Å². The average molecular weight is 267 g/mol. The molecule has 1 N–H and O–H groups in total. The van der Waals surface area contributed by atoms with E-state index < -0.39 is 15.1 Å². The molecule has 2 aromatic rings. The summed E-state index contributed by atoms with van der Waals surface area (Å²) in [6.07, 6.45) is 1.30. The van der Waals surface area contributed by atoms with E-state index in [0.717, 1.165) is 4.40 Å². The van der Waals surface area contributed by atoms with Crippen LogP contribution in [0, 0.1) is 0 Å². The summed E-state index contributed by atoms with van der Waals surface area (Å²) in [5.41, 5.74) is 0.289. The van der Waals surface area contributed by atoms with Gasteiger partial charge in [-0.05, 0) is 12.1 Å². The zero-order chi connectivity index (χ0) is 11.2. The van der Waals surface area contributed by atoms with Crippen LogP contribution in [-0.4, -0.2) is 22.4 Å². The third-order valence-electron chi connectivity index (χ3n) is 1.74. The number of hydrogen-bond donors (Lipinski definition) is 1. The second-order valence-electron chi connectivity index (χ2n) is 2.76. The van der Waals surface area contributed by atoms with E-state index >= 15 is 0 Å². The van der Waals surface area contributed by atoms with Gasteiger partial charge in [-0.25, -0.2) is 4.98 Å². The van der Waals surface area contributed by atoms with Crippen molar-refractivity contribution < 1.29 is 13.0 Å². The third kappa shape index (κ3) is 1.81. The highest BCUT2D eigenvalue weighted by molar-refractivity contribution is 7.85. The van der Waals surface area contributed by atoms with E-state index in [-0.39, 0.29) is 10.8 Å². The van der Waals surface area contributed by atoms with Gasteiger partial charge in [0.2, 0.25) is 5.03 Å². The van der Waals surface area contributed by atoms with Gasteiger partial charge in [0.15, 0.2) is 5.15 Å². The van der Waals surface area contributed by atoms with Crippen molar-refractivity contribution in [3.05, 3.63) is 28.5 Å². The summed E-state index contributed by atoms with van der Waals surface area (Å²) >= 11 is 11.3. The topological polar surface area (TPSA) is 71.7 Å². The number of hydrogen-bond acceptors (Lipinski definition) is 3. The SMILES string of the molecule is O=S(=O)(O)c1c(Cl)nc2ccc(Cl)cn12. The molecule has 0 aromatic carbocycles. The van der Waals surface area contributed by atoms with E-state index in [4.69, 9.17) is 27.8 Å². The molecule has 15 heavy (non-hydrogen) atoms. The predicted molar refractivity (Wildman–Crippen MR) is 55.0 cm³/mol. The van der Waals surface area contributed by atoms with E-state index in [2.05, 4.69) is 4.98 Å². The lowest BCUT2D eigenvalue weighted by molar-refractivity contribution is 0.478. The van der Waals surface area contributed by atoms with E-state index in [0.29, 0.717) is 5.02 Å². The summed E-state index contributed by atoms with van der Waals surface area (Å²) in [5.74, 6) is 0. The zero-order valence-electron chi connectivity index (χ0n) is 7.05. The number of nitrogens with zero attached hydrogens (tertiary/aromatic N) is 2. The molecule has 0 spiro atoms.